The lowest BCUT2D eigenvalue weighted by Gasteiger charge is -2.34. The molecule has 0 unspecified atom stereocenters. The third-order valence-electron chi connectivity index (χ3n) is 3.29. The van der Waals surface area contributed by atoms with Crippen LogP contribution in [0.2, 0.25) is 0 Å². The maximum absolute atomic E-state index is 11.5. The van der Waals surface area contributed by atoms with E-state index in [-0.39, 0.29) is 30.8 Å². The summed E-state index contributed by atoms with van der Waals surface area (Å²) in [6.45, 7) is 0.518. The van der Waals surface area contributed by atoms with Crippen molar-refractivity contribution in [2.75, 3.05) is 41.4 Å². The number of carbonyl (C=O) groups is 2. The van der Waals surface area contributed by atoms with E-state index in [4.69, 9.17) is 9.47 Å². The van der Waals surface area contributed by atoms with Crippen LogP contribution in [-0.2, 0) is 9.47 Å². The standard InChI is InChI=1S/C14H24N2O4/c1-15(2)12(17)19-10-14(8-6-5-7-9-14)11-20-13(18)16(3)4/h5-6H,7-11H2,1-4H3. The van der Waals surface area contributed by atoms with Gasteiger partial charge in [-0.1, -0.05) is 12.2 Å². The van der Waals surface area contributed by atoms with Crippen molar-refractivity contribution < 1.29 is 19.1 Å². The molecule has 0 atom stereocenters. The molecule has 1 aliphatic rings. The van der Waals surface area contributed by atoms with Gasteiger partial charge in [0.2, 0.25) is 0 Å². The Morgan fingerprint density at radius 3 is 1.85 bits per heavy atom. The number of amides is 2. The quantitative estimate of drug-likeness (QED) is 0.742. The molecule has 0 aliphatic heterocycles. The molecule has 0 fully saturated rings. The van der Waals surface area contributed by atoms with Gasteiger partial charge in [0.15, 0.2) is 0 Å². The highest BCUT2D eigenvalue weighted by Gasteiger charge is 2.34. The number of hydrogen-bond donors (Lipinski definition) is 0. The molecule has 1 rings (SSSR count). The number of rotatable bonds is 4. The Bertz CT molecular complexity index is 353. The van der Waals surface area contributed by atoms with Crippen molar-refractivity contribution >= 4 is 12.2 Å². The van der Waals surface area contributed by atoms with E-state index in [0.29, 0.717) is 0 Å². The Hall–Kier alpha value is -1.72. The molecule has 1 aliphatic carbocycles. The van der Waals surface area contributed by atoms with Crippen molar-refractivity contribution in [3.8, 4) is 0 Å². The van der Waals surface area contributed by atoms with Crippen molar-refractivity contribution in [1.82, 2.24) is 9.80 Å². The van der Waals surface area contributed by atoms with Crippen LogP contribution in [0.5, 0.6) is 0 Å². The predicted octanol–water partition coefficient (Wildman–Crippen LogP) is 2.11. The molecule has 0 N–H and O–H groups in total. The molecule has 0 aromatic rings. The van der Waals surface area contributed by atoms with Crippen molar-refractivity contribution in [2.24, 2.45) is 5.41 Å². The predicted molar refractivity (Wildman–Crippen MR) is 75.5 cm³/mol. The summed E-state index contributed by atoms with van der Waals surface area (Å²) in [4.78, 5) is 25.9. The molecule has 20 heavy (non-hydrogen) atoms. The summed E-state index contributed by atoms with van der Waals surface area (Å²) < 4.78 is 10.6. The summed E-state index contributed by atoms with van der Waals surface area (Å²) in [5.41, 5.74) is -0.313. The number of hydrogen-bond acceptors (Lipinski definition) is 4. The van der Waals surface area contributed by atoms with Gasteiger partial charge in [0.25, 0.3) is 0 Å². The van der Waals surface area contributed by atoms with Crippen LogP contribution in [0.3, 0.4) is 0 Å². The minimum Gasteiger partial charge on any atom is -0.449 e. The van der Waals surface area contributed by atoms with Gasteiger partial charge in [-0.05, 0) is 19.3 Å². The first-order chi connectivity index (χ1) is 9.36. The van der Waals surface area contributed by atoms with Crippen LogP contribution in [0, 0.1) is 5.41 Å². The van der Waals surface area contributed by atoms with Crippen molar-refractivity contribution in [3.63, 3.8) is 0 Å². The number of ether oxygens (including phenoxy) is 2. The maximum atomic E-state index is 11.5. The summed E-state index contributed by atoms with van der Waals surface area (Å²) in [5, 5.41) is 0. The average Bonchev–Trinajstić information content (AvgIpc) is 2.43. The van der Waals surface area contributed by atoms with Crippen LogP contribution in [0.15, 0.2) is 12.2 Å². The third-order valence-corrected chi connectivity index (χ3v) is 3.29. The Morgan fingerprint density at radius 2 is 1.50 bits per heavy atom. The van der Waals surface area contributed by atoms with Gasteiger partial charge in [-0.25, -0.2) is 9.59 Å². The first kappa shape index (κ1) is 16.3. The van der Waals surface area contributed by atoms with Crippen LogP contribution in [0.25, 0.3) is 0 Å². The highest BCUT2D eigenvalue weighted by atomic mass is 16.6. The van der Waals surface area contributed by atoms with E-state index < -0.39 is 0 Å². The van der Waals surface area contributed by atoms with E-state index in [2.05, 4.69) is 12.2 Å². The van der Waals surface area contributed by atoms with Crippen molar-refractivity contribution in [3.05, 3.63) is 12.2 Å². The summed E-state index contributed by atoms with van der Waals surface area (Å²) in [6, 6.07) is 0. The second kappa shape index (κ2) is 7.17. The van der Waals surface area contributed by atoms with Crippen LogP contribution in [0.4, 0.5) is 9.59 Å². The normalized spacial score (nSPS) is 16.4. The summed E-state index contributed by atoms with van der Waals surface area (Å²) in [5.74, 6) is 0. The number of allylic oxidation sites excluding steroid dienone is 2. The van der Waals surface area contributed by atoms with Gasteiger partial charge < -0.3 is 19.3 Å². The molecular formula is C14H24N2O4. The fourth-order valence-corrected chi connectivity index (χ4v) is 1.93. The number of carbonyl (C=O) groups excluding carboxylic acids is 2. The smallest absolute Gasteiger partial charge is 0.409 e. The summed E-state index contributed by atoms with van der Waals surface area (Å²) in [6.07, 6.45) is 5.88. The lowest BCUT2D eigenvalue weighted by molar-refractivity contribution is 0.00716. The first-order valence-electron chi connectivity index (χ1n) is 6.69. The molecule has 0 aromatic carbocycles. The molecule has 0 radical (unpaired) electrons. The van der Waals surface area contributed by atoms with Crippen LogP contribution >= 0.6 is 0 Å². The average molecular weight is 284 g/mol. The Morgan fingerprint density at radius 1 is 1.00 bits per heavy atom. The van der Waals surface area contributed by atoms with E-state index in [9.17, 15) is 9.59 Å². The van der Waals surface area contributed by atoms with Gasteiger partial charge in [0.05, 0.1) is 0 Å². The van der Waals surface area contributed by atoms with Gasteiger partial charge >= 0.3 is 12.2 Å². The number of nitrogens with zero attached hydrogens (tertiary/aromatic N) is 2. The van der Waals surface area contributed by atoms with Crippen molar-refractivity contribution in [2.45, 2.75) is 19.3 Å². The van der Waals surface area contributed by atoms with Gasteiger partial charge in [-0.2, -0.15) is 0 Å². The molecule has 114 valence electrons. The molecule has 0 spiro atoms. The first-order valence-corrected chi connectivity index (χ1v) is 6.69. The summed E-state index contributed by atoms with van der Waals surface area (Å²) in [7, 11) is 6.56. The Labute approximate surface area is 120 Å². The fourth-order valence-electron chi connectivity index (χ4n) is 1.93. The molecule has 0 bridgehead atoms. The molecule has 6 nitrogen and oxygen atoms in total. The lowest BCUT2D eigenvalue weighted by Crippen LogP contribution is -2.38. The third kappa shape index (κ3) is 4.75. The van der Waals surface area contributed by atoms with Gasteiger partial charge in [0.1, 0.15) is 13.2 Å². The van der Waals surface area contributed by atoms with Crippen LogP contribution in [-0.4, -0.2) is 63.4 Å². The molecular weight excluding hydrogens is 260 g/mol. The SMILES string of the molecule is CN(C)C(=O)OCC1(COC(=O)N(C)C)CC=CCC1. The molecule has 0 saturated carbocycles. The zero-order chi connectivity index (χ0) is 15.2. The van der Waals surface area contributed by atoms with E-state index >= 15 is 0 Å². The zero-order valence-corrected chi connectivity index (χ0v) is 12.7. The topological polar surface area (TPSA) is 59.1 Å². The molecule has 6 heteroatoms. The minimum absolute atomic E-state index is 0.259. The largest absolute Gasteiger partial charge is 0.449 e. The van der Waals surface area contributed by atoms with Crippen LogP contribution in [0.1, 0.15) is 19.3 Å². The van der Waals surface area contributed by atoms with E-state index in [1.165, 1.54) is 9.80 Å². The highest BCUT2D eigenvalue weighted by molar-refractivity contribution is 5.67. The second-order valence-electron chi connectivity index (χ2n) is 5.61. The maximum Gasteiger partial charge on any atom is 0.409 e. The highest BCUT2D eigenvalue weighted by Crippen LogP contribution is 2.33. The van der Waals surface area contributed by atoms with E-state index in [1.54, 1.807) is 28.2 Å². The molecule has 0 aromatic heterocycles. The van der Waals surface area contributed by atoms with Crippen LogP contribution < -0.4 is 0 Å². The minimum atomic E-state index is -0.377. The van der Waals surface area contributed by atoms with Crippen molar-refractivity contribution in [1.29, 1.82) is 0 Å². The molecule has 0 heterocycles. The Kier molecular flexibility index (Phi) is 5.85. The Balaban J connectivity index is 2.60. The monoisotopic (exact) mass is 284 g/mol. The second-order valence-corrected chi connectivity index (χ2v) is 5.61. The molecule has 0 saturated heterocycles. The fraction of sp³-hybridized carbons (Fsp3) is 0.714. The van der Waals surface area contributed by atoms with Gasteiger partial charge in [-0.3, -0.25) is 0 Å². The molecule has 2 amide bonds. The van der Waals surface area contributed by atoms with Gasteiger partial charge in [0, 0.05) is 33.6 Å². The summed E-state index contributed by atoms with van der Waals surface area (Å²) >= 11 is 0. The zero-order valence-electron chi connectivity index (χ0n) is 12.7. The van der Waals surface area contributed by atoms with Gasteiger partial charge in [-0.15, -0.1) is 0 Å². The van der Waals surface area contributed by atoms with E-state index in [1.807, 2.05) is 0 Å². The van der Waals surface area contributed by atoms with E-state index in [0.717, 1.165) is 19.3 Å². The lowest BCUT2D eigenvalue weighted by atomic mass is 9.78.